The number of nitrogens with one attached hydrogen (secondary N) is 1. The molecule has 1 fully saturated rings. The molecule has 1 aliphatic rings. The Hall–Kier alpha value is -0.870. The molecule has 0 aromatic heterocycles. The Morgan fingerprint density at radius 2 is 1.81 bits per heavy atom. The Morgan fingerprint density at radius 3 is 1.88 bits per heavy atom. The zero-order valence-corrected chi connectivity index (χ0v) is 8.93. The first kappa shape index (κ1) is 15.1. The van der Waals surface area contributed by atoms with Gasteiger partial charge in [-0.15, -0.1) is 0 Å². The maximum Gasteiger partial charge on any atom is 0.490 e. The molecule has 1 saturated heterocycles. The smallest absolute Gasteiger partial charge is 0.475 e. The largest absolute Gasteiger partial charge is 0.490 e. The number of hydrogen-bond donors (Lipinski definition) is 2. The van der Waals surface area contributed by atoms with Crippen molar-refractivity contribution in [3.8, 4) is 0 Å². The molecule has 0 radical (unpaired) electrons. The third-order valence-electron chi connectivity index (χ3n) is 1.30. The highest BCUT2D eigenvalue weighted by Gasteiger charge is 2.38. The van der Waals surface area contributed by atoms with E-state index in [1.165, 1.54) is 0 Å². The van der Waals surface area contributed by atoms with Crippen molar-refractivity contribution in [1.82, 2.24) is 5.32 Å². The highest BCUT2D eigenvalue weighted by molar-refractivity contribution is 7.86. The van der Waals surface area contributed by atoms with Gasteiger partial charge in [-0.1, -0.05) is 0 Å². The molecule has 2 N–H and O–H groups in total. The van der Waals surface area contributed by atoms with Gasteiger partial charge in [-0.2, -0.15) is 21.6 Å². The molecule has 0 bridgehead atoms. The quantitative estimate of drug-likeness (QED) is 0.658. The number of carboxylic acids is 1. The highest BCUT2D eigenvalue weighted by Crippen LogP contribution is 2.13. The van der Waals surface area contributed by atoms with Crippen LogP contribution in [0.4, 0.5) is 13.2 Å². The van der Waals surface area contributed by atoms with Crippen LogP contribution in [0, 0.1) is 0 Å². The van der Waals surface area contributed by atoms with Crippen molar-refractivity contribution in [2.75, 3.05) is 19.3 Å². The Morgan fingerprint density at radius 1 is 1.44 bits per heavy atom. The lowest BCUT2D eigenvalue weighted by molar-refractivity contribution is -0.192. The SMILES string of the molecule is CS(=O)(=O)OC1CNC1.O=C(O)C(F)(F)F. The fraction of sp³-hybridized carbons (Fsp3) is 0.833. The van der Waals surface area contributed by atoms with Gasteiger partial charge >= 0.3 is 12.1 Å². The van der Waals surface area contributed by atoms with Gasteiger partial charge in [0.15, 0.2) is 0 Å². The van der Waals surface area contributed by atoms with Crippen LogP contribution in [0.25, 0.3) is 0 Å². The van der Waals surface area contributed by atoms with Crippen molar-refractivity contribution >= 4 is 16.1 Å². The summed E-state index contributed by atoms with van der Waals surface area (Å²) in [4.78, 5) is 8.90. The minimum absolute atomic E-state index is 0.125. The van der Waals surface area contributed by atoms with Gasteiger partial charge in [-0.05, 0) is 0 Å². The molecule has 1 heterocycles. The summed E-state index contributed by atoms with van der Waals surface area (Å²) >= 11 is 0. The average Bonchev–Trinajstić information content (AvgIpc) is 1.95. The van der Waals surface area contributed by atoms with Crippen LogP contribution >= 0.6 is 0 Å². The van der Waals surface area contributed by atoms with E-state index in [-0.39, 0.29) is 6.10 Å². The molecule has 0 amide bonds. The second kappa shape index (κ2) is 5.46. The lowest BCUT2D eigenvalue weighted by Gasteiger charge is -2.25. The number of halogens is 3. The number of carboxylic acid groups (broad SMARTS) is 1. The van der Waals surface area contributed by atoms with Crippen LogP contribution < -0.4 is 5.32 Å². The van der Waals surface area contributed by atoms with Gasteiger partial charge < -0.3 is 10.4 Å². The third kappa shape index (κ3) is 7.43. The molecule has 1 aliphatic heterocycles. The number of carbonyl (C=O) groups is 1. The molecule has 16 heavy (non-hydrogen) atoms. The Kier molecular flexibility index (Phi) is 5.16. The molecule has 0 spiro atoms. The number of alkyl halides is 3. The summed E-state index contributed by atoms with van der Waals surface area (Å²) in [7, 11) is -3.22. The molecular weight excluding hydrogens is 255 g/mol. The van der Waals surface area contributed by atoms with Crippen LogP contribution in [0.15, 0.2) is 0 Å². The monoisotopic (exact) mass is 265 g/mol. The second-order valence-electron chi connectivity index (χ2n) is 2.88. The number of rotatable bonds is 2. The predicted molar refractivity (Wildman–Crippen MR) is 46.3 cm³/mol. The minimum Gasteiger partial charge on any atom is -0.475 e. The van der Waals surface area contributed by atoms with Gasteiger partial charge in [0.05, 0.1) is 6.26 Å². The molecule has 1 rings (SSSR count). The van der Waals surface area contributed by atoms with E-state index in [1.54, 1.807) is 0 Å². The summed E-state index contributed by atoms with van der Waals surface area (Å²) in [6, 6.07) is 0. The van der Waals surface area contributed by atoms with E-state index in [0.29, 0.717) is 13.1 Å². The normalized spacial score (nSPS) is 17.0. The first-order valence-corrected chi connectivity index (χ1v) is 5.73. The Balaban J connectivity index is 0.000000293. The molecule has 6 nitrogen and oxygen atoms in total. The fourth-order valence-electron chi connectivity index (χ4n) is 0.577. The van der Waals surface area contributed by atoms with Crippen molar-refractivity contribution in [2.45, 2.75) is 12.3 Å². The van der Waals surface area contributed by atoms with E-state index in [0.717, 1.165) is 6.26 Å². The summed E-state index contributed by atoms with van der Waals surface area (Å²) in [6.07, 6.45) is -4.15. The van der Waals surface area contributed by atoms with Crippen molar-refractivity contribution < 1.29 is 35.7 Å². The van der Waals surface area contributed by atoms with Gasteiger partial charge in [-0.25, -0.2) is 4.79 Å². The van der Waals surface area contributed by atoms with Crippen LogP contribution in [-0.4, -0.2) is 51.1 Å². The third-order valence-corrected chi connectivity index (χ3v) is 1.92. The molecule has 0 saturated carbocycles. The maximum absolute atomic E-state index is 10.6. The summed E-state index contributed by atoms with van der Waals surface area (Å²) in [6.45, 7) is 1.29. The van der Waals surface area contributed by atoms with E-state index in [9.17, 15) is 21.6 Å². The second-order valence-corrected chi connectivity index (χ2v) is 4.48. The molecule has 0 atom stereocenters. The molecule has 0 unspecified atom stereocenters. The van der Waals surface area contributed by atoms with Crippen LogP contribution in [0.2, 0.25) is 0 Å². The van der Waals surface area contributed by atoms with E-state index in [4.69, 9.17) is 9.90 Å². The molecule has 96 valence electrons. The van der Waals surface area contributed by atoms with Crippen molar-refractivity contribution in [3.05, 3.63) is 0 Å². The van der Waals surface area contributed by atoms with E-state index in [2.05, 4.69) is 9.50 Å². The van der Waals surface area contributed by atoms with Gasteiger partial charge in [0.2, 0.25) is 0 Å². The molecular formula is C6H10F3NO5S. The first-order chi connectivity index (χ1) is 7.02. The summed E-state index contributed by atoms with van der Waals surface area (Å²) in [5.41, 5.74) is 0. The minimum atomic E-state index is -5.08. The average molecular weight is 265 g/mol. The summed E-state index contributed by atoms with van der Waals surface area (Å²) in [5, 5.41) is 10.0. The van der Waals surface area contributed by atoms with Gasteiger partial charge in [0, 0.05) is 13.1 Å². The van der Waals surface area contributed by atoms with Gasteiger partial charge in [0.1, 0.15) is 6.10 Å². The van der Waals surface area contributed by atoms with Crippen molar-refractivity contribution in [3.63, 3.8) is 0 Å². The Labute approximate surface area is 89.5 Å². The predicted octanol–water partition coefficient (Wildman–Crippen LogP) is -0.432. The van der Waals surface area contributed by atoms with Crippen LogP contribution in [0.3, 0.4) is 0 Å². The molecule has 0 aliphatic carbocycles. The summed E-state index contributed by atoms with van der Waals surface area (Å²) in [5.74, 6) is -2.76. The van der Waals surface area contributed by atoms with Gasteiger partial charge in [0.25, 0.3) is 10.1 Å². The molecule has 0 aromatic rings. The summed E-state index contributed by atoms with van der Waals surface area (Å²) < 4.78 is 57.1. The number of hydrogen-bond acceptors (Lipinski definition) is 5. The fourth-order valence-corrected chi connectivity index (χ4v) is 1.21. The van der Waals surface area contributed by atoms with E-state index >= 15 is 0 Å². The Bertz CT molecular complexity index is 335. The van der Waals surface area contributed by atoms with Crippen molar-refractivity contribution in [2.24, 2.45) is 0 Å². The molecule has 10 heteroatoms. The van der Waals surface area contributed by atoms with Crippen LogP contribution in [-0.2, 0) is 19.1 Å². The number of aliphatic carboxylic acids is 1. The maximum atomic E-state index is 10.6. The van der Waals surface area contributed by atoms with Gasteiger partial charge in [-0.3, -0.25) is 4.18 Å². The standard InChI is InChI=1S/C4H9NO3S.C2HF3O2/c1-9(6,7)8-4-2-5-3-4;3-2(4,5)1(6)7/h4-5H,2-3H2,1H3;(H,6,7). The lowest BCUT2D eigenvalue weighted by Crippen LogP contribution is -2.49. The highest BCUT2D eigenvalue weighted by atomic mass is 32.2. The zero-order chi connectivity index (χ0) is 13.0. The molecule has 0 aromatic carbocycles. The lowest BCUT2D eigenvalue weighted by atomic mass is 10.2. The van der Waals surface area contributed by atoms with Crippen molar-refractivity contribution in [1.29, 1.82) is 0 Å². The topological polar surface area (TPSA) is 92.7 Å². The first-order valence-electron chi connectivity index (χ1n) is 3.91. The van der Waals surface area contributed by atoms with E-state index < -0.39 is 22.3 Å². The van der Waals surface area contributed by atoms with E-state index in [1.807, 2.05) is 0 Å². The van der Waals surface area contributed by atoms with Crippen LogP contribution in [0.5, 0.6) is 0 Å². The van der Waals surface area contributed by atoms with Crippen LogP contribution in [0.1, 0.15) is 0 Å². The zero-order valence-electron chi connectivity index (χ0n) is 8.11.